The van der Waals surface area contributed by atoms with Crippen LogP contribution in [0.2, 0.25) is 0 Å². The summed E-state index contributed by atoms with van der Waals surface area (Å²) in [6.07, 6.45) is 2.75. The second kappa shape index (κ2) is 7.96. The Kier molecular flexibility index (Phi) is 5.38. The van der Waals surface area contributed by atoms with Crippen LogP contribution in [0.25, 0.3) is 22.2 Å². The van der Waals surface area contributed by atoms with Gasteiger partial charge in [0, 0.05) is 46.5 Å². The van der Waals surface area contributed by atoms with E-state index in [1.807, 2.05) is 10.8 Å². The molecule has 0 N–H and O–H groups in total. The van der Waals surface area contributed by atoms with Gasteiger partial charge >= 0.3 is 5.69 Å². The molecule has 8 heteroatoms. The van der Waals surface area contributed by atoms with Crippen LogP contribution in [0.1, 0.15) is 6.42 Å². The predicted molar refractivity (Wildman–Crippen MR) is 110 cm³/mol. The quantitative estimate of drug-likeness (QED) is 0.652. The standard InChI is InChI=1S/C21H25FN4O3/c1-23-17-14-26(9-3-8-25-10-12-29-13-11-25)19(15-4-6-16(22)7-5-15)18(17)20(27)24(2)21(23)28/h4-7,14H,3,8-13H2,1-2H3. The van der Waals surface area contributed by atoms with Gasteiger partial charge in [0.05, 0.1) is 29.8 Å². The summed E-state index contributed by atoms with van der Waals surface area (Å²) < 4.78 is 23.5. The Morgan fingerprint density at radius 1 is 1.00 bits per heavy atom. The van der Waals surface area contributed by atoms with Crippen LogP contribution in [0.5, 0.6) is 0 Å². The Bertz CT molecular complexity index is 1140. The van der Waals surface area contributed by atoms with Crippen LogP contribution in [-0.2, 0) is 25.4 Å². The molecule has 0 saturated carbocycles. The van der Waals surface area contributed by atoms with E-state index in [9.17, 15) is 14.0 Å². The highest BCUT2D eigenvalue weighted by atomic mass is 19.1. The van der Waals surface area contributed by atoms with Gasteiger partial charge < -0.3 is 9.30 Å². The summed E-state index contributed by atoms with van der Waals surface area (Å²) in [7, 11) is 3.14. The molecule has 1 aliphatic heterocycles. The Balaban J connectivity index is 1.78. The Labute approximate surface area is 167 Å². The Morgan fingerprint density at radius 2 is 1.69 bits per heavy atom. The van der Waals surface area contributed by atoms with Gasteiger partial charge in [0.15, 0.2) is 0 Å². The van der Waals surface area contributed by atoms with Crippen LogP contribution in [0, 0.1) is 5.82 Å². The highest BCUT2D eigenvalue weighted by Gasteiger charge is 2.19. The molecule has 0 unspecified atom stereocenters. The molecule has 1 aliphatic rings. The van der Waals surface area contributed by atoms with E-state index in [2.05, 4.69) is 4.90 Å². The first-order valence-electron chi connectivity index (χ1n) is 9.82. The number of benzene rings is 1. The summed E-state index contributed by atoms with van der Waals surface area (Å²) in [4.78, 5) is 27.7. The molecule has 7 nitrogen and oxygen atoms in total. The lowest BCUT2D eigenvalue weighted by Crippen LogP contribution is -2.37. The number of nitrogens with zero attached hydrogens (tertiary/aromatic N) is 4. The van der Waals surface area contributed by atoms with Crippen molar-refractivity contribution in [2.45, 2.75) is 13.0 Å². The molecule has 4 rings (SSSR count). The van der Waals surface area contributed by atoms with Gasteiger partial charge in [-0.05, 0) is 36.2 Å². The van der Waals surface area contributed by atoms with Gasteiger partial charge in [-0.25, -0.2) is 9.18 Å². The first-order chi connectivity index (χ1) is 14.0. The van der Waals surface area contributed by atoms with Crippen molar-refractivity contribution in [3.63, 3.8) is 0 Å². The Hall–Kier alpha value is -2.71. The summed E-state index contributed by atoms with van der Waals surface area (Å²) in [5.41, 5.74) is 1.36. The molecule has 0 bridgehead atoms. The summed E-state index contributed by atoms with van der Waals surface area (Å²) in [6.45, 7) is 4.98. The zero-order chi connectivity index (χ0) is 20.5. The molecule has 1 aromatic carbocycles. The maximum absolute atomic E-state index is 13.5. The number of aryl methyl sites for hydroxylation is 2. The molecule has 0 radical (unpaired) electrons. The molecule has 0 spiro atoms. The summed E-state index contributed by atoms with van der Waals surface area (Å²) in [6, 6.07) is 6.12. The van der Waals surface area contributed by atoms with E-state index in [0.29, 0.717) is 17.4 Å². The SMILES string of the molecule is Cn1c(=O)c2c(-c3ccc(F)cc3)n(CCCN3CCOCC3)cc2n(C)c1=O. The van der Waals surface area contributed by atoms with Crippen LogP contribution in [0.15, 0.2) is 40.1 Å². The molecule has 0 amide bonds. The monoisotopic (exact) mass is 400 g/mol. The summed E-state index contributed by atoms with van der Waals surface area (Å²) in [5.74, 6) is -0.330. The lowest BCUT2D eigenvalue weighted by Gasteiger charge is -2.26. The van der Waals surface area contributed by atoms with Gasteiger partial charge in [-0.2, -0.15) is 0 Å². The maximum atomic E-state index is 13.5. The number of morpholine rings is 1. The number of aromatic nitrogens is 3. The smallest absolute Gasteiger partial charge is 0.330 e. The van der Waals surface area contributed by atoms with Crippen LogP contribution in [0.4, 0.5) is 4.39 Å². The molecule has 3 heterocycles. The number of rotatable bonds is 5. The molecular weight excluding hydrogens is 375 g/mol. The largest absolute Gasteiger partial charge is 0.379 e. The van der Waals surface area contributed by atoms with Crippen LogP contribution in [-0.4, -0.2) is 51.4 Å². The summed E-state index contributed by atoms with van der Waals surface area (Å²) in [5, 5.41) is 0.479. The number of hydrogen-bond acceptors (Lipinski definition) is 4. The highest BCUT2D eigenvalue weighted by molar-refractivity contribution is 5.93. The molecule has 1 fully saturated rings. The molecule has 0 atom stereocenters. The number of hydrogen-bond donors (Lipinski definition) is 0. The number of ether oxygens (including phenoxy) is 1. The van der Waals surface area contributed by atoms with E-state index >= 15 is 0 Å². The minimum Gasteiger partial charge on any atom is -0.379 e. The van der Waals surface area contributed by atoms with Crippen LogP contribution < -0.4 is 11.2 Å². The normalized spacial score (nSPS) is 15.3. The predicted octanol–water partition coefficient (Wildman–Crippen LogP) is 1.57. The van der Waals surface area contributed by atoms with Gasteiger partial charge in [-0.1, -0.05) is 0 Å². The molecule has 2 aromatic heterocycles. The second-order valence-electron chi connectivity index (χ2n) is 7.45. The third kappa shape index (κ3) is 3.65. The van der Waals surface area contributed by atoms with Crippen molar-refractivity contribution in [1.29, 1.82) is 0 Å². The molecule has 3 aromatic rings. The Morgan fingerprint density at radius 3 is 2.38 bits per heavy atom. The van der Waals surface area contributed by atoms with Gasteiger partial charge in [0.25, 0.3) is 5.56 Å². The molecular formula is C21H25FN4O3. The molecule has 154 valence electrons. The fraction of sp³-hybridized carbons (Fsp3) is 0.429. The molecule has 1 saturated heterocycles. The first kappa shape index (κ1) is 19.6. The fourth-order valence-electron chi connectivity index (χ4n) is 3.97. The molecule has 29 heavy (non-hydrogen) atoms. The lowest BCUT2D eigenvalue weighted by atomic mass is 10.1. The van der Waals surface area contributed by atoms with Crippen molar-refractivity contribution in [3.8, 4) is 11.3 Å². The number of fused-ring (bicyclic) bond motifs is 1. The van der Waals surface area contributed by atoms with Crippen molar-refractivity contribution < 1.29 is 9.13 Å². The zero-order valence-corrected chi connectivity index (χ0v) is 16.7. The average molecular weight is 400 g/mol. The second-order valence-corrected chi connectivity index (χ2v) is 7.45. The van der Waals surface area contributed by atoms with E-state index in [1.165, 1.54) is 23.7 Å². The van der Waals surface area contributed by atoms with Crippen molar-refractivity contribution in [1.82, 2.24) is 18.6 Å². The van der Waals surface area contributed by atoms with Crippen molar-refractivity contribution in [2.24, 2.45) is 14.1 Å². The maximum Gasteiger partial charge on any atom is 0.330 e. The van der Waals surface area contributed by atoms with E-state index < -0.39 is 0 Å². The van der Waals surface area contributed by atoms with Gasteiger partial charge in [-0.15, -0.1) is 0 Å². The minimum absolute atomic E-state index is 0.330. The van der Waals surface area contributed by atoms with E-state index in [-0.39, 0.29) is 17.1 Å². The highest BCUT2D eigenvalue weighted by Crippen LogP contribution is 2.28. The third-order valence-corrected chi connectivity index (χ3v) is 5.61. The first-order valence-corrected chi connectivity index (χ1v) is 9.82. The van der Waals surface area contributed by atoms with Gasteiger partial charge in [0.1, 0.15) is 5.82 Å². The van der Waals surface area contributed by atoms with E-state index in [1.54, 1.807) is 19.2 Å². The average Bonchev–Trinajstić information content (AvgIpc) is 3.12. The van der Waals surface area contributed by atoms with E-state index in [4.69, 9.17) is 4.74 Å². The van der Waals surface area contributed by atoms with Crippen LogP contribution >= 0.6 is 0 Å². The topological polar surface area (TPSA) is 61.4 Å². The van der Waals surface area contributed by atoms with Crippen LogP contribution in [0.3, 0.4) is 0 Å². The van der Waals surface area contributed by atoms with Crippen molar-refractivity contribution in [2.75, 3.05) is 32.8 Å². The van der Waals surface area contributed by atoms with Gasteiger partial charge in [0.2, 0.25) is 0 Å². The number of halogens is 1. The van der Waals surface area contributed by atoms with Gasteiger partial charge in [-0.3, -0.25) is 18.8 Å². The fourth-order valence-corrected chi connectivity index (χ4v) is 3.97. The zero-order valence-electron chi connectivity index (χ0n) is 16.7. The third-order valence-electron chi connectivity index (χ3n) is 5.61. The van der Waals surface area contributed by atoms with E-state index in [0.717, 1.165) is 55.1 Å². The lowest BCUT2D eigenvalue weighted by molar-refractivity contribution is 0.0369. The summed E-state index contributed by atoms with van der Waals surface area (Å²) >= 11 is 0. The minimum atomic E-state index is -0.362. The molecule has 0 aliphatic carbocycles. The van der Waals surface area contributed by atoms with Crippen molar-refractivity contribution in [3.05, 3.63) is 57.1 Å². The van der Waals surface area contributed by atoms with Crippen molar-refractivity contribution >= 4 is 10.9 Å².